The Morgan fingerprint density at radius 1 is 0.895 bits per heavy atom. The van der Waals surface area contributed by atoms with Crippen molar-refractivity contribution in [2.45, 2.75) is 127 Å². The molecule has 3 heterocycles. The highest BCUT2D eigenvalue weighted by Crippen LogP contribution is 2.47. The minimum Gasteiger partial charge on any atom is -0.466 e. The van der Waals surface area contributed by atoms with Crippen molar-refractivity contribution < 1.29 is 9.53 Å². The largest absolute Gasteiger partial charge is 0.466 e. The average molecular weight is 520 g/mol. The molecule has 6 rings (SSSR count). The first kappa shape index (κ1) is 26.0. The summed E-state index contributed by atoms with van der Waals surface area (Å²) < 4.78 is 7.19. The van der Waals surface area contributed by atoms with E-state index in [0.29, 0.717) is 43.6 Å². The lowest BCUT2D eigenvalue weighted by molar-refractivity contribution is -0.143. The molecule has 3 unspecified atom stereocenters. The van der Waals surface area contributed by atoms with Gasteiger partial charge in [-0.15, -0.1) is 0 Å². The summed E-state index contributed by atoms with van der Waals surface area (Å²) >= 11 is 0. The van der Waals surface area contributed by atoms with Gasteiger partial charge in [-0.1, -0.05) is 44.2 Å². The van der Waals surface area contributed by atoms with E-state index in [4.69, 9.17) is 9.72 Å². The van der Waals surface area contributed by atoms with Gasteiger partial charge in [-0.2, -0.15) is 0 Å². The van der Waals surface area contributed by atoms with E-state index < -0.39 is 0 Å². The zero-order valence-electron chi connectivity index (χ0n) is 23.2. The molecule has 1 aromatic carbocycles. The number of carbonyl (C=O) groups excluding carboxylic acids is 1. The summed E-state index contributed by atoms with van der Waals surface area (Å²) in [5.74, 6) is 1.67. The predicted octanol–water partition coefficient (Wildman–Crippen LogP) is 6.20. The van der Waals surface area contributed by atoms with Crippen LogP contribution < -0.4 is 5.56 Å². The quantitative estimate of drug-likeness (QED) is 0.408. The van der Waals surface area contributed by atoms with Gasteiger partial charge in [0, 0.05) is 30.6 Å². The van der Waals surface area contributed by atoms with E-state index >= 15 is 0 Å². The molecule has 6 nitrogen and oxygen atoms in total. The topological polar surface area (TPSA) is 64.4 Å². The molecule has 4 aliphatic rings. The van der Waals surface area contributed by atoms with Gasteiger partial charge < -0.3 is 9.30 Å². The number of piperidine rings is 2. The summed E-state index contributed by atoms with van der Waals surface area (Å²) in [6.45, 7) is 2.21. The van der Waals surface area contributed by atoms with Crippen LogP contribution in [0.2, 0.25) is 0 Å². The number of aromatic nitrogens is 2. The molecule has 206 valence electrons. The Morgan fingerprint density at radius 2 is 1.61 bits per heavy atom. The first-order chi connectivity index (χ1) is 18.6. The summed E-state index contributed by atoms with van der Waals surface area (Å²) in [6, 6.07) is 10.3. The molecule has 0 spiro atoms. The van der Waals surface area contributed by atoms with E-state index in [1.807, 2.05) is 25.1 Å². The molecule has 6 heteroatoms. The Hall–Kier alpha value is -2.21. The molecule has 5 atom stereocenters. The second kappa shape index (κ2) is 11.5. The van der Waals surface area contributed by atoms with E-state index in [1.54, 1.807) is 0 Å². The molecule has 0 radical (unpaired) electrons. The van der Waals surface area contributed by atoms with E-state index in [9.17, 15) is 9.59 Å². The van der Waals surface area contributed by atoms with Gasteiger partial charge in [-0.05, 0) is 88.7 Å². The monoisotopic (exact) mass is 519 g/mol. The maximum Gasteiger partial charge on any atom is 0.305 e. The van der Waals surface area contributed by atoms with Crippen molar-refractivity contribution in [3.8, 4) is 0 Å². The molecule has 4 fully saturated rings. The zero-order valence-corrected chi connectivity index (χ0v) is 23.2. The van der Waals surface area contributed by atoms with Crippen molar-refractivity contribution in [3.05, 3.63) is 40.3 Å². The molecule has 1 aromatic heterocycles. The van der Waals surface area contributed by atoms with Crippen LogP contribution in [-0.2, 0) is 16.0 Å². The molecular formula is C32H45N3O3. The number of esters is 1. The number of carbonyl (C=O) groups is 1. The zero-order chi connectivity index (χ0) is 26.1. The summed E-state index contributed by atoms with van der Waals surface area (Å²) in [4.78, 5) is 33.5. The van der Waals surface area contributed by atoms with Gasteiger partial charge in [-0.3, -0.25) is 14.5 Å². The predicted molar refractivity (Wildman–Crippen MR) is 150 cm³/mol. The van der Waals surface area contributed by atoms with Gasteiger partial charge in [0.1, 0.15) is 5.69 Å². The summed E-state index contributed by atoms with van der Waals surface area (Å²) in [5.41, 5.74) is 2.50. The van der Waals surface area contributed by atoms with Gasteiger partial charge in [0.05, 0.1) is 17.6 Å². The lowest BCUT2D eigenvalue weighted by atomic mass is 9.73. The van der Waals surface area contributed by atoms with E-state index in [0.717, 1.165) is 41.8 Å². The van der Waals surface area contributed by atoms with Crippen LogP contribution >= 0.6 is 0 Å². The third-order valence-corrected chi connectivity index (χ3v) is 10.1. The van der Waals surface area contributed by atoms with Crippen molar-refractivity contribution in [3.63, 3.8) is 0 Å². The Kier molecular flexibility index (Phi) is 7.87. The van der Waals surface area contributed by atoms with Gasteiger partial charge >= 0.3 is 5.97 Å². The number of hydrogen-bond acceptors (Lipinski definition) is 5. The van der Waals surface area contributed by atoms with Crippen LogP contribution in [0.25, 0.3) is 11.0 Å². The molecule has 0 amide bonds. The number of hydrogen-bond donors (Lipinski definition) is 0. The van der Waals surface area contributed by atoms with Gasteiger partial charge in [0.2, 0.25) is 0 Å². The summed E-state index contributed by atoms with van der Waals surface area (Å²) in [6.07, 6.45) is 17.4. The molecule has 4 bridgehead atoms. The van der Waals surface area contributed by atoms with Crippen LogP contribution in [0.1, 0.15) is 109 Å². The Labute approximate surface area is 227 Å². The molecule has 2 saturated carbocycles. The molecule has 38 heavy (non-hydrogen) atoms. The molecule has 0 N–H and O–H groups in total. The van der Waals surface area contributed by atoms with Gasteiger partial charge in [0.25, 0.3) is 5.56 Å². The van der Waals surface area contributed by atoms with Crippen LogP contribution in [0.5, 0.6) is 0 Å². The fraction of sp³-hybridized carbons (Fsp3) is 0.719. The number of ether oxygens (including phenoxy) is 1. The Balaban J connectivity index is 1.25. The number of fused-ring (bicyclic) bond motifs is 5. The Bertz CT molecular complexity index is 1160. The van der Waals surface area contributed by atoms with Crippen LogP contribution in [0.4, 0.5) is 0 Å². The van der Waals surface area contributed by atoms with Crippen LogP contribution in [0, 0.1) is 11.8 Å². The highest BCUT2D eigenvalue weighted by Gasteiger charge is 2.45. The summed E-state index contributed by atoms with van der Waals surface area (Å²) in [7, 11) is 0. The van der Waals surface area contributed by atoms with Crippen LogP contribution in [-0.4, -0.2) is 45.2 Å². The first-order valence-electron chi connectivity index (χ1n) is 15.5. The van der Waals surface area contributed by atoms with Gasteiger partial charge in [-0.25, -0.2) is 4.98 Å². The molecule has 2 saturated heterocycles. The van der Waals surface area contributed by atoms with Crippen molar-refractivity contribution in [2.75, 3.05) is 6.61 Å². The van der Waals surface area contributed by atoms with E-state index in [1.165, 1.54) is 64.2 Å². The van der Waals surface area contributed by atoms with Crippen molar-refractivity contribution in [1.82, 2.24) is 14.5 Å². The highest BCUT2D eigenvalue weighted by molar-refractivity contribution is 5.75. The summed E-state index contributed by atoms with van der Waals surface area (Å²) in [5, 5.41) is 0. The lowest BCUT2D eigenvalue weighted by Crippen LogP contribution is -2.58. The van der Waals surface area contributed by atoms with Gasteiger partial charge in [0.15, 0.2) is 0 Å². The molecule has 2 aliphatic heterocycles. The Morgan fingerprint density at radius 3 is 2.32 bits per heavy atom. The normalized spacial score (nSPS) is 31.6. The second-order valence-corrected chi connectivity index (χ2v) is 12.6. The SMILES string of the molecule is CCOC(=O)CCCc1nc2ccccc2n(C2C[C@H]3CCC[C@@H](C2)N3C2CC3CCCCC(C3)C2)c1=O. The maximum absolute atomic E-state index is 13.9. The van der Waals surface area contributed by atoms with E-state index in [-0.39, 0.29) is 17.6 Å². The van der Waals surface area contributed by atoms with E-state index in [2.05, 4.69) is 15.5 Å². The number of nitrogens with zero attached hydrogens (tertiary/aromatic N) is 3. The number of rotatable bonds is 7. The maximum atomic E-state index is 13.9. The van der Waals surface area contributed by atoms with Crippen LogP contribution in [0.3, 0.4) is 0 Å². The standard InChI is InChI=1S/C32H45N3O3/c1-2-38-31(36)16-8-14-29-32(37)35(30-15-6-5-13-28(30)33-29)27-20-24-11-7-12-25(21-27)34(24)26-18-22-9-3-4-10-23(17-22)19-26/h5-6,13,15,22-27H,2-4,7-12,14,16-21H2,1H3/t22?,23?,24-,25+,26?,27?. The van der Waals surface area contributed by atoms with Crippen molar-refractivity contribution in [2.24, 2.45) is 11.8 Å². The van der Waals surface area contributed by atoms with Crippen LogP contribution in [0.15, 0.2) is 29.1 Å². The smallest absolute Gasteiger partial charge is 0.305 e. The lowest BCUT2D eigenvalue weighted by Gasteiger charge is -2.54. The minimum absolute atomic E-state index is 0.0489. The molecule has 2 aromatic rings. The number of para-hydroxylation sites is 2. The molecular weight excluding hydrogens is 474 g/mol. The molecule has 2 aliphatic carbocycles. The third kappa shape index (κ3) is 5.30. The second-order valence-electron chi connectivity index (χ2n) is 12.6. The minimum atomic E-state index is -0.198. The first-order valence-corrected chi connectivity index (χ1v) is 15.5. The fourth-order valence-electron chi connectivity index (χ4n) is 8.67. The fourth-order valence-corrected chi connectivity index (χ4v) is 8.67. The highest BCUT2D eigenvalue weighted by atomic mass is 16.5. The number of benzene rings is 1. The van der Waals surface area contributed by atoms with Crippen molar-refractivity contribution in [1.29, 1.82) is 0 Å². The number of aryl methyl sites for hydroxylation is 1. The van der Waals surface area contributed by atoms with Crippen molar-refractivity contribution >= 4 is 17.0 Å². The third-order valence-electron chi connectivity index (χ3n) is 10.1. The average Bonchev–Trinajstić information content (AvgIpc) is 3.07.